The van der Waals surface area contributed by atoms with Crippen LogP contribution in [-0.4, -0.2) is 15.1 Å². The molecule has 3 rings (SSSR count). The van der Waals surface area contributed by atoms with Gasteiger partial charge in [-0.25, -0.2) is 4.98 Å². The van der Waals surface area contributed by atoms with Crippen molar-refractivity contribution in [3.8, 4) is 10.8 Å². The normalized spacial score (nSPS) is 17.6. The molecular weight excluding hydrogens is 284 g/mol. The van der Waals surface area contributed by atoms with Crippen molar-refractivity contribution in [2.75, 3.05) is 0 Å². The second-order valence-electron chi connectivity index (χ2n) is 5.73. The molecule has 1 aliphatic rings. The van der Waals surface area contributed by atoms with Crippen molar-refractivity contribution in [3.05, 3.63) is 16.5 Å². The number of rotatable bonds is 3. The van der Waals surface area contributed by atoms with Crippen LogP contribution in [0.1, 0.15) is 67.4 Å². The maximum Gasteiger partial charge on any atom is 0.269 e. The molecule has 0 bridgehead atoms. The summed E-state index contributed by atoms with van der Waals surface area (Å²) in [6.45, 7) is 2.42. The standard InChI is InChI=1S/C15H22N4OS/c1-10-13(21-12(9-16)17-10)15-18-14(19-20-15)11-7-5-3-2-4-6-8-11/h11H,2-9,16H2,1H3. The molecule has 0 saturated heterocycles. The largest absolute Gasteiger partial charge is 0.333 e. The van der Waals surface area contributed by atoms with E-state index in [1.165, 1.54) is 44.9 Å². The Morgan fingerprint density at radius 2 is 1.86 bits per heavy atom. The van der Waals surface area contributed by atoms with Crippen LogP contribution in [0, 0.1) is 6.92 Å². The zero-order chi connectivity index (χ0) is 14.7. The van der Waals surface area contributed by atoms with E-state index in [4.69, 9.17) is 10.3 Å². The Morgan fingerprint density at radius 3 is 2.52 bits per heavy atom. The van der Waals surface area contributed by atoms with Crippen molar-refractivity contribution >= 4 is 11.3 Å². The number of nitrogens with zero attached hydrogens (tertiary/aromatic N) is 3. The van der Waals surface area contributed by atoms with Gasteiger partial charge in [0.2, 0.25) is 0 Å². The summed E-state index contributed by atoms with van der Waals surface area (Å²) in [6, 6.07) is 0. The van der Waals surface area contributed by atoms with E-state index >= 15 is 0 Å². The Hall–Kier alpha value is -1.27. The molecule has 0 atom stereocenters. The van der Waals surface area contributed by atoms with Gasteiger partial charge in [0.1, 0.15) is 9.88 Å². The summed E-state index contributed by atoms with van der Waals surface area (Å²) in [6.07, 6.45) is 8.91. The molecule has 21 heavy (non-hydrogen) atoms. The van der Waals surface area contributed by atoms with Crippen LogP contribution in [0.5, 0.6) is 0 Å². The average molecular weight is 306 g/mol. The van der Waals surface area contributed by atoms with E-state index in [1.807, 2.05) is 6.92 Å². The van der Waals surface area contributed by atoms with E-state index in [0.29, 0.717) is 18.4 Å². The summed E-state index contributed by atoms with van der Waals surface area (Å²) in [5.41, 5.74) is 6.57. The van der Waals surface area contributed by atoms with Crippen molar-refractivity contribution in [1.29, 1.82) is 0 Å². The maximum atomic E-state index is 5.65. The Bertz CT molecular complexity index is 584. The van der Waals surface area contributed by atoms with Gasteiger partial charge in [0.15, 0.2) is 5.82 Å². The lowest BCUT2D eigenvalue weighted by atomic mass is 9.91. The van der Waals surface area contributed by atoms with Gasteiger partial charge in [0.05, 0.1) is 5.69 Å². The topological polar surface area (TPSA) is 77.8 Å². The van der Waals surface area contributed by atoms with Gasteiger partial charge in [-0.05, 0) is 19.8 Å². The van der Waals surface area contributed by atoms with Crippen molar-refractivity contribution in [2.45, 2.75) is 64.3 Å². The van der Waals surface area contributed by atoms with Crippen molar-refractivity contribution in [1.82, 2.24) is 15.1 Å². The molecule has 2 aromatic rings. The molecule has 0 amide bonds. The van der Waals surface area contributed by atoms with Gasteiger partial charge in [-0.15, -0.1) is 11.3 Å². The molecule has 0 radical (unpaired) electrons. The predicted octanol–water partition coefficient (Wildman–Crippen LogP) is 3.79. The zero-order valence-electron chi connectivity index (χ0n) is 12.5. The fraction of sp³-hybridized carbons (Fsp3) is 0.667. The molecule has 1 aliphatic carbocycles. The number of aromatic nitrogens is 3. The molecule has 2 aromatic heterocycles. The van der Waals surface area contributed by atoms with Crippen LogP contribution in [0.4, 0.5) is 0 Å². The molecule has 1 saturated carbocycles. The van der Waals surface area contributed by atoms with E-state index in [2.05, 4.69) is 15.1 Å². The van der Waals surface area contributed by atoms with Crippen LogP contribution in [0.15, 0.2) is 4.52 Å². The molecule has 6 heteroatoms. The first-order chi connectivity index (χ1) is 10.3. The van der Waals surface area contributed by atoms with E-state index in [1.54, 1.807) is 11.3 Å². The fourth-order valence-electron chi connectivity index (χ4n) is 2.95. The monoisotopic (exact) mass is 306 g/mol. The molecule has 0 aliphatic heterocycles. The number of aryl methyl sites for hydroxylation is 1. The van der Waals surface area contributed by atoms with Gasteiger partial charge in [-0.3, -0.25) is 0 Å². The first kappa shape index (κ1) is 14.7. The lowest BCUT2D eigenvalue weighted by Crippen LogP contribution is -2.04. The second kappa shape index (κ2) is 6.66. The summed E-state index contributed by atoms with van der Waals surface area (Å²) < 4.78 is 5.48. The minimum absolute atomic E-state index is 0.449. The molecule has 5 nitrogen and oxygen atoms in total. The lowest BCUT2D eigenvalue weighted by molar-refractivity contribution is 0.393. The number of hydrogen-bond acceptors (Lipinski definition) is 6. The quantitative estimate of drug-likeness (QED) is 0.933. The Labute approximate surface area is 129 Å². The molecule has 0 spiro atoms. The van der Waals surface area contributed by atoms with Gasteiger partial charge in [0, 0.05) is 12.5 Å². The Morgan fingerprint density at radius 1 is 1.14 bits per heavy atom. The third kappa shape index (κ3) is 3.32. The smallest absolute Gasteiger partial charge is 0.269 e. The average Bonchev–Trinajstić information content (AvgIpc) is 3.04. The van der Waals surface area contributed by atoms with Crippen LogP contribution in [0.2, 0.25) is 0 Å². The first-order valence-electron chi connectivity index (χ1n) is 7.78. The van der Waals surface area contributed by atoms with Crippen LogP contribution in [0.25, 0.3) is 10.8 Å². The third-order valence-electron chi connectivity index (χ3n) is 4.12. The molecular formula is C15H22N4OS. The molecule has 1 fully saturated rings. The Kier molecular flexibility index (Phi) is 4.65. The zero-order valence-corrected chi connectivity index (χ0v) is 13.3. The van der Waals surface area contributed by atoms with Gasteiger partial charge < -0.3 is 10.3 Å². The highest BCUT2D eigenvalue weighted by Crippen LogP contribution is 2.33. The number of nitrogens with two attached hydrogens (primary N) is 1. The fourth-order valence-corrected chi connectivity index (χ4v) is 3.81. The van der Waals surface area contributed by atoms with E-state index in [-0.39, 0.29) is 0 Å². The van der Waals surface area contributed by atoms with Crippen LogP contribution >= 0.6 is 11.3 Å². The number of hydrogen-bond donors (Lipinski definition) is 1. The number of thiazole rings is 1. The van der Waals surface area contributed by atoms with E-state index < -0.39 is 0 Å². The second-order valence-corrected chi connectivity index (χ2v) is 6.81. The highest BCUT2D eigenvalue weighted by atomic mass is 32.1. The summed E-state index contributed by atoms with van der Waals surface area (Å²) in [4.78, 5) is 10.0. The van der Waals surface area contributed by atoms with Crippen molar-refractivity contribution in [2.24, 2.45) is 5.73 Å². The van der Waals surface area contributed by atoms with Crippen LogP contribution in [0.3, 0.4) is 0 Å². The highest BCUT2D eigenvalue weighted by Gasteiger charge is 2.22. The van der Waals surface area contributed by atoms with Crippen LogP contribution < -0.4 is 5.73 Å². The maximum absolute atomic E-state index is 5.65. The highest BCUT2D eigenvalue weighted by molar-refractivity contribution is 7.15. The van der Waals surface area contributed by atoms with Crippen molar-refractivity contribution in [3.63, 3.8) is 0 Å². The summed E-state index contributed by atoms with van der Waals surface area (Å²) >= 11 is 1.55. The first-order valence-corrected chi connectivity index (χ1v) is 8.60. The van der Waals surface area contributed by atoms with Gasteiger partial charge in [-0.2, -0.15) is 4.98 Å². The van der Waals surface area contributed by atoms with Gasteiger partial charge in [-0.1, -0.05) is 37.3 Å². The van der Waals surface area contributed by atoms with E-state index in [0.717, 1.165) is 21.4 Å². The molecule has 0 aromatic carbocycles. The van der Waals surface area contributed by atoms with Gasteiger partial charge in [0.25, 0.3) is 5.89 Å². The minimum atomic E-state index is 0.449. The summed E-state index contributed by atoms with van der Waals surface area (Å²) in [7, 11) is 0. The summed E-state index contributed by atoms with van der Waals surface area (Å²) in [5.74, 6) is 1.92. The Balaban J connectivity index is 1.79. The van der Waals surface area contributed by atoms with Gasteiger partial charge >= 0.3 is 0 Å². The van der Waals surface area contributed by atoms with E-state index in [9.17, 15) is 0 Å². The molecule has 0 unspecified atom stereocenters. The SMILES string of the molecule is Cc1nc(CN)sc1-c1nc(C2CCCCCCC2)no1. The van der Waals surface area contributed by atoms with Crippen molar-refractivity contribution < 1.29 is 4.52 Å². The third-order valence-corrected chi connectivity index (χ3v) is 5.29. The summed E-state index contributed by atoms with van der Waals surface area (Å²) in [5, 5.41) is 5.14. The van der Waals surface area contributed by atoms with Crippen LogP contribution in [-0.2, 0) is 6.54 Å². The molecule has 2 heterocycles. The predicted molar refractivity (Wildman–Crippen MR) is 83.1 cm³/mol. The minimum Gasteiger partial charge on any atom is -0.333 e. The molecule has 114 valence electrons. The lowest BCUT2D eigenvalue weighted by Gasteiger charge is -2.15. The molecule has 2 N–H and O–H groups in total.